The summed E-state index contributed by atoms with van der Waals surface area (Å²) in [4.78, 5) is 16.5. The molecule has 0 amide bonds. The molecule has 0 aliphatic heterocycles. The Labute approximate surface area is 110 Å². The van der Waals surface area contributed by atoms with Crippen molar-refractivity contribution < 1.29 is 9.90 Å². The summed E-state index contributed by atoms with van der Waals surface area (Å²) in [6.45, 7) is 0. The average Bonchev–Trinajstić information content (AvgIpc) is 2.46. The van der Waals surface area contributed by atoms with Crippen molar-refractivity contribution in [1.82, 2.24) is 4.98 Å². The number of aromatic nitrogens is 1. The van der Waals surface area contributed by atoms with E-state index in [1.54, 1.807) is 42.6 Å². The lowest BCUT2D eigenvalue weighted by Gasteiger charge is -2.19. The van der Waals surface area contributed by atoms with E-state index in [9.17, 15) is 4.79 Å². The topological polar surface area (TPSA) is 77.2 Å². The van der Waals surface area contributed by atoms with Crippen molar-refractivity contribution in [2.24, 2.45) is 0 Å². The molecule has 1 aromatic heterocycles. The molecule has 2 rings (SSSR count). The number of carbonyl (C=O) groups is 1. The maximum Gasteiger partial charge on any atom is 0.335 e. The Kier molecular flexibility index (Phi) is 3.44. The first-order valence-corrected chi connectivity index (χ1v) is 5.55. The van der Waals surface area contributed by atoms with E-state index in [0.717, 1.165) is 11.4 Å². The van der Waals surface area contributed by atoms with Gasteiger partial charge in [0.15, 0.2) is 0 Å². The van der Waals surface area contributed by atoms with Crippen molar-refractivity contribution in [3.05, 3.63) is 53.9 Å². The van der Waals surface area contributed by atoms with Gasteiger partial charge in [-0.05, 0) is 36.4 Å². The summed E-state index contributed by atoms with van der Waals surface area (Å²) in [5.41, 5.74) is 2.23. The average molecular weight is 253 g/mol. The number of carboxylic acid groups (broad SMARTS) is 1. The standard InChI is InChI=1S/C14H11N3O2/c1-17(13-6-7-16-11(8-13)9-15)12-4-2-10(3-5-12)14(18)19/h2-8H,1H3,(H,18,19). The van der Waals surface area contributed by atoms with Gasteiger partial charge in [0, 0.05) is 24.6 Å². The van der Waals surface area contributed by atoms with Crippen LogP contribution in [-0.4, -0.2) is 23.1 Å². The Hall–Kier alpha value is -2.87. The number of nitrogens with zero attached hydrogens (tertiary/aromatic N) is 3. The molecule has 0 bridgehead atoms. The van der Waals surface area contributed by atoms with Crippen LogP contribution in [0.4, 0.5) is 11.4 Å². The monoisotopic (exact) mass is 253 g/mol. The fourth-order valence-corrected chi connectivity index (χ4v) is 1.67. The van der Waals surface area contributed by atoms with Crippen LogP contribution in [0.25, 0.3) is 0 Å². The van der Waals surface area contributed by atoms with Gasteiger partial charge in [-0.15, -0.1) is 0 Å². The minimum Gasteiger partial charge on any atom is -0.478 e. The number of rotatable bonds is 3. The van der Waals surface area contributed by atoms with Crippen molar-refractivity contribution in [2.45, 2.75) is 0 Å². The third-order valence-corrected chi connectivity index (χ3v) is 2.75. The molecule has 0 fully saturated rings. The van der Waals surface area contributed by atoms with Crippen molar-refractivity contribution in [3.63, 3.8) is 0 Å². The van der Waals surface area contributed by atoms with Gasteiger partial charge in [-0.25, -0.2) is 9.78 Å². The van der Waals surface area contributed by atoms with E-state index in [1.807, 2.05) is 18.0 Å². The highest BCUT2D eigenvalue weighted by Gasteiger charge is 2.07. The zero-order valence-electron chi connectivity index (χ0n) is 10.2. The lowest BCUT2D eigenvalue weighted by atomic mass is 10.2. The highest BCUT2D eigenvalue weighted by molar-refractivity contribution is 5.88. The molecule has 0 radical (unpaired) electrons. The smallest absolute Gasteiger partial charge is 0.335 e. The van der Waals surface area contributed by atoms with Gasteiger partial charge in [-0.3, -0.25) is 0 Å². The zero-order chi connectivity index (χ0) is 13.8. The third kappa shape index (κ3) is 2.69. The summed E-state index contributed by atoms with van der Waals surface area (Å²) >= 11 is 0. The largest absolute Gasteiger partial charge is 0.478 e. The molecule has 0 spiro atoms. The first-order valence-electron chi connectivity index (χ1n) is 5.55. The Balaban J connectivity index is 2.30. The highest BCUT2D eigenvalue weighted by atomic mass is 16.4. The summed E-state index contributed by atoms with van der Waals surface area (Å²) in [5.74, 6) is -0.954. The van der Waals surface area contributed by atoms with Crippen LogP contribution in [0.3, 0.4) is 0 Å². The Morgan fingerprint density at radius 2 is 1.95 bits per heavy atom. The van der Waals surface area contributed by atoms with Gasteiger partial charge >= 0.3 is 5.97 Å². The van der Waals surface area contributed by atoms with Crippen LogP contribution in [-0.2, 0) is 0 Å². The van der Waals surface area contributed by atoms with Gasteiger partial charge in [0.05, 0.1) is 5.56 Å². The second-order valence-electron chi connectivity index (χ2n) is 3.92. The molecule has 1 aromatic carbocycles. The molecule has 94 valence electrons. The molecule has 0 aliphatic rings. The van der Waals surface area contributed by atoms with Crippen molar-refractivity contribution in [2.75, 3.05) is 11.9 Å². The van der Waals surface area contributed by atoms with E-state index in [-0.39, 0.29) is 5.56 Å². The predicted molar refractivity (Wildman–Crippen MR) is 70.4 cm³/mol. The van der Waals surface area contributed by atoms with Crippen LogP contribution < -0.4 is 4.90 Å². The van der Waals surface area contributed by atoms with Crippen LogP contribution in [0.1, 0.15) is 16.1 Å². The van der Waals surface area contributed by atoms with E-state index in [4.69, 9.17) is 10.4 Å². The molecule has 0 saturated heterocycles. The fourth-order valence-electron chi connectivity index (χ4n) is 1.67. The highest BCUT2D eigenvalue weighted by Crippen LogP contribution is 2.23. The van der Waals surface area contributed by atoms with Crippen molar-refractivity contribution in [1.29, 1.82) is 5.26 Å². The number of nitriles is 1. The molecule has 0 unspecified atom stereocenters. The molecular weight excluding hydrogens is 242 g/mol. The molecule has 2 aromatic rings. The molecule has 1 heterocycles. The number of hydrogen-bond acceptors (Lipinski definition) is 4. The van der Waals surface area contributed by atoms with E-state index < -0.39 is 5.97 Å². The Bertz CT molecular complexity index is 644. The molecular formula is C14H11N3O2. The third-order valence-electron chi connectivity index (χ3n) is 2.75. The number of hydrogen-bond donors (Lipinski definition) is 1. The summed E-state index contributed by atoms with van der Waals surface area (Å²) < 4.78 is 0. The molecule has 1 N–H and O–H groups in total. The number of anilines is 2. The SMILES string of the molecule is CN(c1ccc(C(=O)O)cc1)c1ccnc(C#N)c1. The van der Waals surface area contributed by atoms with Crippen LogP contribution in [0, 0.1) is 11.3 Å². The van der Waals surface area contributed by atoms with Crippen LogP contribution >= 0.6 is 0 Å². The normalized spacial score (nSPS) is 9.68. The summed E-state index contributed by atoms with van der Waals surface area (Å²) in [6.07, 6.45) is 1.57. The Morgan fingerprint density at radius 1 is 1.26 bits per heavy atom. The van der Waals surface area contributed by atoms with E-state index >= 15 is 0 Å². The molecule has 0 aliphatic carbocycles. The lowest BCUT2D eigenvalue weighted by Crippen LogP contribution is -2.10. The maximum atomic E-state index is 10.8. The number of pyridine rings is 1. The van der Waals surface area contributed by atoms with E-state index in [1.165, 1.54) is 0 Å². The minimum atomic E-state index is -0.954. The summed E-state index contributed by atoms with van der Waals surface area (Å²) in [7, 11) is 1.84. The van der Waals surface area contributed by atoms with Gasteiger partial charge in [-0.1, -0.05) is 0 Å². The number of benzene rings is 1. The van der Waals surface area contributed by atoms with Gasteiger partial charge in [0.2, 0.25) is 0 Å². The van der Waals surface area contributed by atoms with Gasteiger partial charge in [-0.2, -0.15) is 5.26 Å². The van der Waals surface area contributed by atoms with Crippen LogP contribution in [0.2, 0.25) is 0 Å². The molecule has 0 saturated carbocycles. The van der Waals surface area contributed by atoms with Crippen molar-refractivity contribution >= 4 is 17.3 Å². The first kappa shape index (κ1) is 12.6. The maximum absolute atomic E-state index is 10.8. The van der Waals surface area contributed by atoms with E-state index in [0.29, 0.717) is 5.69 Å². The summed E-state index contributed by atoms with van der Waals surface area (Å²) in [6, 6.07) is 12.0. The van der Waals surface area contributed by atoms with Crippen LogP contribution in [0.5, 0.6) is 0 Å². The molecule has 19 heavy (non-hydrogen) atoms. The molecule has 5 nitrogen and oxygen atoms in total. The fraction of sp³-hybridized carbons (Fsp3) is 0.0714. The van der Waals surface area contributed by atoms with Crippen molar-refractivity contribution in [3.8, 4) is 6.07 Å². The zero-order valence-corrected chi connectivity index (χ0v) is 10.2. The van der Waals surface area contributed by atoms with Gasteiger partial charge in [0.1, 0.15) is 11.8 Å². The number of carboxylic acids is 1. The van der Waals surface area contributed by atoms with E-state index in [2.05, 4.69) is 4.98 Å². The summed E-state index contributed by atoms with van der Waals surface area (Å²) in [5, 5.41) is 17.7. The van der Waals surface area contributed by atoms with Gasteiger partial charge in [0.25, 0.3) is 0 Å². The molecule has 5 heteroatoms. The predicted octanol–water partition coefficient (Wildman–Crippen LogP) is 2.42. The first-order chi connectivity index (χ1) is 9.11. The van der Waals surface area contributed by atoms with Gasteiger partial charge < -0.3 is 10.0 Å². The lowest BCUT2D eigenvalue weighted by molar-refractivity contribution is 0.0697. The molecule has 0 atom stereocenters. The number of aromatic carboxylic acids is 1. The second-order valence-corrected chi connectivity index (χ2v) is 3.92. The Morgan fingerprint density at radius 3 is 2.53 bits per heavy atom. The second kappa shape index (κ2) is 5.19. The van der Waals surface area contributed by atoms with Crippen LogP contribution in [0.15, 0.2) is 42.6 Å². The minimum absolute atomic E-state index is 0.240. The quantitative estimate of drug-likeness (QED) is 0.908.